The zero-order chi connectivity index (χ0) is 14.3. The Hall–Kier alpha value is -1.59. The molecule has 1 aromatic rings. The number of ether oxygens (including phenoxy) is 1. The van der Waals surface area contributed by atoms with Gasteiger partial charge in [-0.25, -0.2) is 0 Å². The third-order valence-electron chi connectivity index (χ3n) is 4.45. The van der Waals surface area contributed by atoms with Crippen molar-refractivity contribution < 1.29 is 14.6 Å². The topological polar surface area (TPSA) is 70.6 Å². The molecule has 2 atom stereocenters. The fourth-order valence-electron chi connectivity index (χ4n) is 2.73. The Morgan fingerprint density at radius 3 is 3.00 bits per heavy atom. The van der Waals surface area contributed by atoms with Crippen molar-refractivity contribution in [3.63, 3.8) is 0 Å². The van der Waals surface area contributed by atoms with Gasteiger partial charge in [-0.15, -0.1) is 0 Å². The molecule has 1 saturated carbocycles. The number of carbonyl (C=O) groups excluding carboxylic acids is 1. The Morgan fingerprint density at radius 2 is 2.30 bits per heavy atom. The van der Waals surface area contributed by atoms with E-state index in [1.807, 2.05) is 18.2 Å². The van der Waals surface area contributed by atoms with Gasteiger partial charge in [0.2, 0.25) is 0 Å². The summed E-state index contributed by atoms with van der Waals surface area (Å²) in [7, 11) is 0. The lowest BCUT2D eigenvalue weighted by atomic mass is 9.64. The van der Waals surface area contributed by atoms with E-state index in [0.29, 0.717) is 18.3 Å². The van der Waals surface area contributed by atoms with E-state index in [9.17, 15) is 9.90 Å². The zero-order valence-corrected chi connectivity index (χ0v) is 11.8. The lowest BCUT2D eigenvalue weighted by Crippen LogP contribution is -2.59. The van der Waals surface area contributed by atoms with Crippen molar-refractivity contribution in [3.8, 4) is 5.75 Å². The molecule has 0 bridgehead atoms. The minimum atomic E-state index is -0.226. The van der Waals surface area contributed by atoms with Crippen molar-refractivity contribution in [2.45, 2.75) is 39.0 Å². The zero-order valence-electron chi connectivity index (χ0n) is 11.8. The van der Waals surface area contributed by atoms with Crippen molar-refractivity contribution in [3.05, 3.63) is 23.8 Å². The first-order chi connectivity index (χ1) is 9.46. The van der Waals surface area contributed by atoms with Crippen LogP contribution in [0.4, 0.5) is 5.69 Å². The highest BCUT2D eigenvalue weighted by Gasteiger charge is 2.46. The first-order valence-electron chi connectivity index (χ1n) is 6.94. The molecule has 1 fully saturated rings. The molecule has 3 N–H and O–H groups in total. The third kappa shape index (κ3) is 2.27. The largest absolute Gasteiger partial charge is 0.482 e. The van der Waals surface area contributed by atoms with Crippen LogP contribution in [0.15, 0.2) is 18.2 Å². The summed E-state index contributed by atoms with van der Waals surface area (Å²) in [4.78, 5) is 11.3. The highest BCUT2D eigenvalue weighted by atomic mass is 16.5. The molecule has 0 saturated heterocycles. The number of benzene rings is 1. The van der Waals surface area contributed by atoms with Gasteiger partial charge in [-0.2, -0.15) is 0 Å². The molecule has 108 valence electrons. The molecule has 3 rings (SSSR count). The normalized spacial score (nSPS) is 27.1. The summed E-state index contributed by atoms with van der Waals surface area (Å²) < 4.78 is 5.33. The molecule has 0 aromatic heterocycles. The van der Waals surface area contributed by atoms with Crippen molar-refractivity contribution in [1.29, 1.82) is 0 Å². The molecule has 2 unspecified atom stereocenters. The minimum absolute atomic E-state index is 0.0778. The van der Waals surface area contributed by atoms with Crippen molar-refractivity contribution in [2.75, 3.05) is 11.9 Å². The van der Waals surface area contributed by atoms with E-state index in [1.165, 1.54) is 0 Å². The van der Waals surface area contributed by atoms with Crippen LogP contribution in [0.5, 0.6) is 5.75 Å². The molecule has 0 spiro atoms. The van der Waals surface area contributed by atoms with Crippen molar-refractivity contribution in [2.24, 2.45) is 5.41 Å². The second-order valence-corrected chi connectivity index (χ2v) is 6.17. The van der Waals surface area contributed by atoms with Gasteiger partial charge in [0.1, 0.15) is 5.75 Å². The maximum absolute atomic E-state index is 11.3. The van der Waals surface area contributed by atoms with Gasteiger partial charge in [-0.05, 0) is 24.1 Å². The fourth-order valence-corrected chi connectivity index (χ4v) is 2.73. The maximum Gasteiger partial charge on any atom is 0.262 e. The average Bonchev–Trinajstić information content (AvgIpc) is 2.42. The van der Waals surface area contributed by atoms with Gasteiger partial charge >= 0.3 is 0 Å². The van der Waals surface area contributed by atoms with Crippen LogP contribution >= 0.6 is 0 Å². The van der Waals surface area contributed by atoms with Gasteiger partial charge in [-0.3, -0.25) is 4.79 Å². The van der Waals surface area contributed by atoms with E-state index in [0.717, 1.165) is 17.7 Å². The molecule has 1 aliphatic carbocycles. The van der Waals surface area contributed by atoms with E-state index in [1.54, 1.807) is 0 Å². The van der Waals surface area contributed by atoms with Crippen molar-refractivity contribution in [1.82, 2.24) is 5.32 Å². The van der Waals surface area contributed by atoms with E-state index in [4.69, 9.17) is 4.74 Å². The molecule has 1 aliphatic heterocycles. The van der Waals surface area contributed by atoms with Crippen LogP contribution in [0.2, 0.25) is 0 Å². The number of fused-ring (bicyclic) bond motifs is 1. The Labute approximate surface area is 118 Å². The van der Waals surface area contributed by atoms with E-state index in [2.05, 4.69) is 24.5 Å². The second-order valence-electron chi connectivity index (χ2n) is 6.17. The van der Waals surface area contributed by atoms with Crippen molar-refractivity contribution >= 4 is 11.6 Å². The van der Waals surface area contributed by atoms with Gasteiger partial charge < -0.3 is 20.5 Å². The molecule has 1 aromatic carbocycles. The predicted octanol–water partition coefficient (Wildman–Crippen LogP) is 1.27. The summed E-state index contributed by atoms with van der Waals surface area (Å²) in [6.07, 6.45) is 0.564. The van der Waals surface area contributed by atoms with E-state index in [-0.39, 0.29) is 24.0 Å². The molecule has 20 heavy (non-hydrogen) atoms. The van der Waals surface area contributed by atoms with Crippen LogP contribution in [0.25, 0.3) is 0 Å². The summed E-state index contributed by atoms with van der Waals surface area (Å²) >= 11 is 0. The number of hydrogen-bond donors (Lipinski definition) is 3. The first kappa shape index (κ1) is 13.4. The molecule has 0 radical (unpaired) electrons. The third-order valence-corrected chi connectivity index (χ3v) is 4.45. The summed E-state index contributed by atoms with van der Waals surface area (Å²) in [6.45, 7) is 4.93. The predicted molar refractivity (Wildman–Crippen MR) is 75.6 cm³/mol. The number of carbonyl (C=O) groups is 1. The standard InChI is InChI=1S/C15H20N2O3/c1-15(2)12(6-13(15)18)16-7-9-3-4-11-10(5-9)17-14(19)8-20-11/h3-5,12-13,16,18H,6-8H2,1-2H3,(H,17,19). The molecule has 1 amide bonds. The number of amides is 1. The van der Waals surface area contributed by atoms with Crippen LogP contribution in [-0.2, 0) is 11.3 Å². The number of nitrogens with one attached hydrogen (secondary N) is 2. The van der Waals surface area contributed by atoms with E-state index < -0.39 is 0 Å². The summed E-state index contributed by atoms with van der Waals surface area (Å²) in [5.41, 5.74) is 1.74. The van der Waals surface area contributed by atoms with Crippen LogP contribution in [0, 0.1) is 5.41 Å². The number of rotatable bonds is 3. The lowest BCUT2D eigenvalue weighted by Gasteiger charge is -2.49. The summed E-state index contributed by atoms with van der Waals surface area (Å²) in [6, 6.07) is 6.12. The first-order valence-corrected chi connectivity index (χ1v) is 6.94. The Balaban J connectivity index is 1.64. The quantitative estimate of drug-likeness (QED) is 0.777. The highest BCUT2D eigenvalue weighted by molar-refractivity contribution is 5.95. The number of anilines is 1. The Kier molecular flexibility index (Phi) is 3.18. The van der Waals surface area contributed by atoms with Gasteiger partial charge in [0, 0.05) is 18.0 Å². The number of aliphatic hydroxyl groups is 1. The molecular formula is C15H20N2O3. The smallest absolute Gasteiger partial charge is 0.262 e. The second kappa shape index (κ2) is 4.75. The van der Waals surface area contributed by atoms with Gasteiger partial charge in [0.25, 0.3) is 5.91 Å². The molecule has 2 aliphatic rings. The van der Waals surface area contributed by atoms with Gasteiger partial charge in [0.05, 0.1) is 11.8 Å². The van der Waals surface area contributed by atoms with Crippen LogP contribution in [0.3, 0.4) is 0 Å². The van der Waals surface area contributed by atoms with Gasteiger partial charge in [0.15, 0.2) is 6.61 Å². The van der Waals surface area contributed by atoms with Crippen LogP contribution < -0.4 is 15.4 Å². The molecule has 5 heteroatoms. The van der Waals surface area contributed by atoms with E-state index >= 15 is 0 Å². The fraction of sp³-hybridized carbons (Fsp3) is 0.533. The van der Waals surface area contributed by atoms with Gasteiger partial charge in [-0.1, -0.05) is 19.9 Å². The summed E-state index contributed by atoms with van der Waals surface area (Å²) in [5.74, 6) is 0.596. The number of aliphatic hydroxyl groups excluding tert-OH is 1. The minimum Gasteiger partial charge on any atom is -0.482 e. The maximum atomic E-state index is 11.3. The molecule has 1 heterocycles. The highest BCUT2D eigenvalue weighted by Crippen LogP contribution is 2.40. The molecular weight excluding hydrogens is 256 g/mol. The molecule has 5 nitrogen and oxygen atoms in total. The lowest BCUT2D eigenvalue weighted by molar-refractivity contribution is -0.118. The average molecular weight is 276 g/mol. The van der Waals surface area contributed by atoms with Crippen LogP contribution in [0.1, 0.15) is 25.8 Å². The summed E-state index contributed by atoms with van der Waals surface area (Å²) in [5, 5.41) is 16.0. The Morgan fingerprint density at radius 1 is 1.50 bits per heavy atom. The monoisotopic (exact) mass is 276 g/mol. The Bertz CT molecular complexity index is 542. The van der Waals surface area contributed by atoms with Crippen LogP contribution in [-0.4, -0.2) is 29.8 Å². The number of hydrogen-bond acceptors (Lipinski definition) is 4. The SMILES string of the molecule is CC1(C)C(O)CC1NCc1ccc2c(c1)NC(=O)CO2.